The number of alkyl halides is 2. The van der Waals surface area contributed by atoms with Crippen LogP contribution in [-0.4, -0.2) is 35.0 Å². The van der Waals surface area contributed by atoms with E-state index in [1.54, 1.807) is 12.1 Å². The molecular formula is C20H22F2N4. The number of nitrogens with zero attached hydrogens (tertiary/aromatic N) is 3. The van der Waals surface area contributed by atoms with E-state index in [1.807, 2.05) is 51.4 Å². The summed E-state index contributed by atoms with van der Waals surface area (Å²) in [5.41, 5.74) is 1.65. The van der Waals surface area contributed by atoms with Crippen molar-refractivity contribution in [1.82, 2.24) is 14.9 Å². The number of aromatic nitrogens is 2. The Balaban J connectivity index is 1.99. The fourth-order valence-electron chi connectivity index (χ4n) is 3.28. The fourth-order valence-corrected chi connectivity index (χ4v) is 3.28. The van der Waals surface area contributed by atoms with Crippen LogP contribution >= 0.6 is 0 Å². The summed E-state index contributed by atoms with van der Waals surface area (Å²) < 4.78 is 26.4. The SMILES string of the molecule is CC(Nc1nc(C(F)F)nc2ccccc12)C(c1ccccc1)N(C)C. The zero-order valence-corrected chi connectivity index (χ0v) is 15.0. The quantitative estimate of drug-likeness (QED) is 0.697. The van der Waals surface area contributed by atoms with E-state index in [0.717, 1.165) is 10.9 Å². The van der Waals surface area contributed by atoms with Crippen molar-refractivity contribution in [3.8, 4) is 0 Å². The first-order valence-corrected chi connectivity index (χ1v) is 8.50. The molecule has 2 aromatic carbocycles. The Bertz CT molecular complexity index is 868. The van der Waals surface area contributed by atoms with Crippen LogP contribution in [0.5, 0.6) is 0 Å². The predicted molar refractivity (Wildman–Crippen MR) is 100 cm³/mol. The highest BCUT2D eigenvalue weighted by molar-refractivity contribution is 5.89. The first-order chi connectivity index (χ1) is 12.5. The lowest BCUT2D eigenvalue weighted by Crippen LogP contribution is -2.34. The molecule has 2 atom stereocenters. The van der Waals surface area contributed by atoms with Crippen molar-refractivity contribution in [2.75, 3.05) is 19.4 Å². The Labute approximate surface area is 151 Å². The molecule has 1 aromatic heterocycles. The summed E-state index contributed by atoms with van der Waals surface area (Å²) in [6.45, 7) is 2.02. The maximum atomic E-state index is 13.2. The molecule has 0 radical (unpaired) electrons. The molecule has 26 heavy (non-hydrogen) atoms. The van der Waals surface area contributed by atoms with Crippen molar-refractivity contribution in [2.45, 2.75) is 25.4 Å². The topological polar surface area (TPSA) is 41.1 Å². The van der Waals surface area contributed by atoms with Gasteiger partial charge in [-0.25, -0.2) is 18.7 Å². The average molecular weight is 356 g/mol. The Morgan fingerprint density at radius 1 is 0.923 bits per heavy atom. The van der Waals surface area contributed by atoms with Crippen LogP contribution in [0.25, 0.3) is 10.9 Å². The summed E-state index contributed by atoms with van der Waals surface area (Å²) in [4.78, 5) is 10.2. The van der Waals surface area contributed by atoms with E-state index in [-0.39, 0.29) is 12.1 Å². The van der Waals surface area contributed by atoms with Gasteiger partial charge in [0.25, 0.3) is 6.43 Å². The van der Waals surface area contributed by atoms with Crippen molar-refractivity contribution in [1.29, 1.82) is 0 Å². The van der Waals surface area contributed by atoms with Crippen LogP contribution in [0.1, 0.15) is 30.8 Å². The Hall–Kier alpha value is -2.60. The van der Waals surface area contributed by atoms with Crippen LogP contribution in [0.4, 0.5) is 14.6 Å². The summed E-state index contributed by atoms with van der Waals surface area (Å²) in [7, 11) is 4.00. The lowest BCUT2D eigenvalue weighted by Gasteiger charge is -2.31. The summed E-state index contributed by atoms with van der Waals surface area (Å²) in [5, 5.41) is 4.06. The van der Waals surface area contributed by atoms with E-state index in [9.17, 15) is 8.78 Å². The van der Waals surface area contributed by atoms with Crippen LogP contribution in [0.2, 0.25) is 0 Å². The summed E-state index contributed by atoms with van der Waals surface area (Å²) in [6.07, 6.45) is -2.71. The van der Waals surface area contributed by atoms with Crippen molar-refractivity contribution < 1.29 is 8.78 Å². The zero-order valence-electron chi connectivity index (χ0n) is 15.0. The number of anilines is 1. The second-order valence-electron chi connectivity index (χ2n) is 6.50. The second-order valence-corrected chi connectivity index (χ2v) is 6.50. The lowest BCUT2D eigenvalue weighted by atomic mass is 9.99. The third-order valence-corrected chi connectivity index (χ3v) is 4.35. The number of rotatable bonds is 6. The van der Waals surface area contributed by atoms with E-state index < -0.39 is 12.2 Å². The number of hydrogen-bond acceptors (Lipinski definition) is 4. The Morgan fingerprint density at radius 2 is 1.58 bits per heavy atom. The molecule has 1 heterocycles. The second kappa shape index (κ2) is 7.74. The summed E-state index contributed by atoms with van der Waals surface area (Å²) in [6, 6.07) is 17.3. The van der Waals surface area contributed by atoms with Crippen LogP contribution < -0.4 is 5.32 Å². The molecule has 2 unspecified atom stereocenters. The molecule has 0 saturated carbocycles. The normalized spacial score (nSPS) is 14.0. The molecule has 0 fully saturated rings. The Kier molecular flexibility index (Phi) is 5.42. The van der Waals surface area contributed by atoms with Gasteiger partial charge in [-0.3, -0.25) is 0 Å². The molecule has 3 rings (SSSR count). The minimum atomic E-state index is -2.71. The van der Waals surface area contributed by atoms with Gasteiger partial charge in [-0.05, 0) is 38.7 Å². The Morgan fingerprint density at radius 3 is 2.23 bits per heavy atom. The van der Waals surface area contributed by atoms with Crippen molar-refractivity contribution in [2.24, 2.45) is 0 Å². The lowest BCUT2D eigenvalue weighted by molar-refractivity contribution is 0.141. The summed E-state index contributed by atoms with van der Waals surface area (Å²) >= 11 is 0. The third-order valence-electron chi connectivity index (χ3n) is 4.35. The van der Waals surface area contributed by atoms with E-state index in [1.165, 1.54) is 0 Å². The first-order valence-electron chi connectivity index (χ1n) is 8.50. The maximum absolute atomic E-state index is 13.2. The minimum Gasteiger partial charge on any atom is -0.365 e. The van der Waals surface area contributed by atoms with Crippen LogP contribution in [0.15, 0.2) is 54.6 Å². The maximum Gasteiger partial charge on any atom is 0.297 e. The molecule has 136 valence electrons. The molecule has 0 bridgehead atoms. The molecule has 4 nitrogen and oxygen atoms in total. The number of nitrogens with one attached hydrogen (secondary N) is 1. The third kappa shape index (κ3) is 3.80. The van der Waals surface area contributed by atoms with Gasteiger partial charge < -0.3 is 10.2 Å². The molecule has 0 saturated heterocycles. The van der Waals surface area contributed by atoms with Crippen LogP contribution in [0, 0.1) is 0 Å². The highest BCUT2D eigenvalue weighted by Gasteiger charge is 2.23. The number of halogens is 2. The molecule has 0 aliphatic heterocycles. The molecule has 0 aliphatic carbocycles. The van der Waals surface area contributed by atoms with E-state index >= 15 is 0 Å². The van der Waals surface area contributed by atoms with Gasteiger partial charge in [0.2, 0.25) is 0 Å². The van der Waals surface area contributed by atoms with Crippen molar-refractivity contribution >= 4 is 16.7 Å². The highest BCUT2D eigenvalue weighted by Crippen LogP contribution is 2.28. The van der Waals surface area contributed by atoms with Gasteiger partial charge in [-0.2, -0.15) is 0 Å². The molecule has 1 N–H and O–H groups in total. The van der Waals surface area contributed by atoms with Gasteiger partial charge in [0.15, 0.2) is 5.82 Å². The van der Waals surface area contributed by atoms with Gasteiger partial charge in [0.1, 0.15) is 5.82 Å². The van der Waals surface area contributed by atoms with Gasteiger partial charge in [-0.1, -0.05) is 42.5 Å². The number of hydrogen-bond donors (Lipinski definition) is 1. The molecule has 6 heteroatoms. The van der Waals surface area contributed by atoms with E-state index in [4.69, 9.17) is 0 Å². The average Bonchev–Trinajstić information content (AvgIpc) is 2.62. The van der Waals surface area contributed by atoms with Crippen LogP contribution in [-0.2, 0) is 0 Å². The van der Waals surface area contributed by atoms with Gasteiger partial charge >= 0.3 is 0 Å². The monoisotopic (exact) mass is 356 g/mol. The standard InChI is InChI=1S/C20H22F2N4/c1-13(17(26(2)3)14-9-5-4-6-10-14)23-19-15-11-7-8-12-16(15)24-20(25-19)18(21)22/h4-13,17-18H,1-3H3,(H,23,24,25). The molecule has 0 aliphatic rings. The smallest absolute Gasteiger partial charge is 0.297 e. The van der Waals surface area contributed by atoms with Gasteiger partial charge in [0, 0.05) is 11.4 Å². The molecule has 0 amide bonds. The minimum absolute atomic E-state index is 0.0555. The number of benzene rings is 2. The van der Waals surface area contributed by atoms with E-state index in [2.05, 4.69) is 32.3 Å². The molecule has 0 spiro atoms. The molecular weight excluding hydrogens is 334 g/mol. The van der Waals surface area contributed by atoms with E-state index in [0.29, 0.717) is 11.3 Å². The fraction of sp³-hybridized carbons (Fsp3) is 0.300. The summed E-state index contributed by atoms with van der Waals surface area (Å²) in [5.74, 6) is -0.0271. The largest absolute Gasteiger partial charge is 0.365 e. The highest BCUT2D eigenvalue weighted by atomic mass is 19.3. The van der Waals surface area contributed by atoms with Crippen molar-refractivity contribution in [3.05, 3.63) is 66.0 Å². The zero-order chi connectivity index (χ0) is 18.7. The molecule has 3 aromatic rings. The first kappa shape index (κ1) is 18.2. The predicted octanol–water partition coefficient (Wildman–Crippen LogP) is 4.67. The van der Waals surface area contributed by atoms with Gasteiger partial charge in [0.05, 0.1) is 11.6 Å². The number of fused-ring (bicyclic) bond motifs is 1. The van der Waals surface area contributed by atoms with Crippen molar-refractivity contribution in [3.63, 3.8) is 0 Å². The number of para-hydroxylation sites is 1. The van der Waals surface area contributed by atoms with Gasteiger partial charge in [-0.15, -0.1) is 0 Å². The number of likely N-dealkylation sites (N-methyl/N-ethyl adjacent to an activating group) is 1. The van der Waals surface area contributed by atoms with Crippen LogP contribution in [0.3, 0.4) is 0 Å².